The van der Waals surface area contributed by atoms with Crippen molar-refractivity contribution in [3.63, 3.8) is 0 Å². The van der Waals surface area contributed by atoms with Crippen molar-refractivity contribution >= 4 is 5.97 Å². The van der Waals surface area contributed by atoms with E-state index in [2.05, 4.69) is 0 Å². The molecule has 0 fully saturated rings. The largest absolute Gasteiger partial charge is 0.463 e. The van der Waals surface area contributed by atoms with Crippen LogP contribution >= 0.6 is 0 Å². The van der Waals surface area contributed by atoms with E-state index in [1.54, 1.807) is 13.0 Å². The molecule has 0 heterocycles. The van der Waals surface area contributed by atoms with Gasteiger partial charge in [-0.3, -0.25) is 0 Å². The van der Waals surface area contributed by atoms with Crippen LogP contribution < -0.4 is 0 Å². The van der Waals surface area contributed by atoms with Gasteiger partial charge in [0, 0.05) is 6.08 Å². The summed E-state index contributed by atoms with van der Waals surface area (Å²) in [4.78, 5) is 11.5. The third-order valence-electron chi connectivity index (χ3n) is 4.98. The Morgan fingerprint density at radius 1 is 0.871 bits per heavy atom. The van der Waals surface area contributed by atoms with Gasteiger partial charge in [0.25, 0.3) is 0 Å². The number of carbonyl (C=O) groups is 1. The predicted octanol–water partition coefficient (Wildman–Crippen LogP) is 4.87. The van der Waals surface area contributed by atoms with Crippen molar-refractivity contribution in [2.24, 2.45) is 0 Å². The van der Waals surface area contributed by atoms with Gasteiger partial charge in [-0.15, -0.1) is 0 Å². The molecule has 0 bridgehead atoms. The van der Waals surface area contributed by atoms with Crippen LogP contribution in [-0.4, -0.2) is 30.4 Å². The summed E-state index contributed by atoms with van der Waals surface area (Å²) in [5, 5.41) is 10.6. The van der Waals surface area contributed by atoms with Crippen LogP contribution in [0, 0.1) is 0 Å². The second-order valence-corrected chi connectivity index (χ2v) is 7.13. The maximum atomic E-state index is 11.5. The number of aliphatic hydroxyl groups excluding tert-OH is 1. The maximum absolute atomic E-state index is 11.5. The molecule has 0 unspecified atom stereocenters. The van der Waals surface area contributed by atoms with Gasteiger partial charge in [-0.2, -0.15) is 0 Å². The van der Waals surface area contributed by atoms with E-state index >= 15 is 0 Å². The van der Waals surface area contributed by atoms with Crippen molar-refractivity contribution < 1.29 is 19.4 Å². The van der Waals surface area contributed by atoms with Crippen LogP contribution in [0.15, 0.2) is 103 Å². The van der Waals surface area contributed by atoms with Crippen LogP contribution in [0.3, 0.4) is 0 Å². The van der Waals surface area contributed by atoms with E-state index in [1.165, 1.54) is 6.08 Å². The molecule has 0 amide bonds. The molecule has 31 heavy (non-hydrogen) atoms. The number of hydrogen-bond donors (Lipinski definition) is 1. The first-order chi connectivity index (χ1) is 15.2. The van der Waals surface area contributed by atoms with Gasteiger partial charge in [0.2, 0.25) is 0 Å². The molecule has 0 spiro atoms. The van der Waals surface area contributed by atoms with E-state index < -0.39 is 17.7 Å². The molecule has 4 nitrogen and oxygen atoms in total. The molecule has 1 atom stereocenters. The highest BCUT2D eigenvalue weighted by Gasteiger charge is 2.37. The van der Waals surface area contributed by atoms with Crippen LogP contribution in [0.4, 0.5) is 0 Å². The summed E-state index contributed by atoms with van der Waals surface area (Å²) in [6, 6.07) is 30.0. The first-order valence-electron chi connectivity index (χ1n) is 10.5. The predicted molar refractivity (Wildman–Crippen MR) is 122 cm³/mol. The highest BCUT2D eigenvalue weighted by atomic mass is 16.5. The number of rotatable bonds is 10. The van der Waals surface area contributed by atoms with Gasteiger partial charge in [0.15, 0.2) is 0 Å². The molecule has 3 rings (SSSR count). The lowest BCUT2D eigenvalue weighted by Gasteiger charge is -2.36. The zero-order chi connectivity index (χ0) is 21.9. The van der Waals surface area contributed by atoms with Crippen molar-refractivity contribution in [1.29, 1.82) is 0 Å². The number of benzene rings is 3. The molecule has 0 saturated heterocycles. The van der Waals surface area contributed by atoms with E-state index in [0.29, 0.717) is 6.61 Å². The Morgan fingerprint density at radius 2 is 1.32 bits per heavy atom. The van der Waals surface area contributed by atoms with E-state index in [4.69, 9.17) is 9.47 Å². The molecular formula is C27H28O4. The molecule has 3 aromatic carbocycles. The average Bonchev–Trinajstić information content (AvgIpc) is 2.82. The van der Waals surface area contributed by atoms with Crippen LogP contribution in [0.1, 0.15) is 30.0 Å². The number of aliphatic hydroxyl groups is 1. The van der Waals surface area contributed by atoms with Gasteiger partial charge in [-0.05, 0) is 30.0 Å². The van der Waals surface area contributed by atoms with E-state index in [1.807, 2.05) is 91.0 Å². The summed E-state index contributed by atoms with van der Waals surface area (Å²) in [5.74, 6) is -0.414. The Kier molecular flexibility index (Phi) is 8.16. The summed E-state index contributed by atoms with van der Waals surface area (Å²) >= 11 is 0. The van der Waals surface area contributed by atoms with E-state index in [9.17, 15) is 9.90 Å². The number of carbonyl (C=O) groups excluding carboxylic acids is 1. The zero-order valence-electron chi connectivity index (χ0n) is 17.7. The lowest BCUT2D eigenvalue weighted by atomic mass is 9.80. The minimum atomic E-state index is -0.879. The summed E-state index contributed by atoms with van der Waals surface area (Å²) in [7, 11) is 0. The fraction of sp³-hybridized carbons (Fsp3) is 0.222. The summed E-state index contributed by atoms with van der Waals surface area (Å²) in [6.45, 7) is 2.17. The van der Waals surface area contributed by atoms with E-state index in [0.717, 1.165) is 16.7 Å². The molecule has 0 aromatic heterocycles. The third kappa shape index (κ3) is 5.69. The second-order valence-electron chi connectivity index (χ2n) is 7.13. The summed E-state index contributed by atoms with van der Waals surface area (Å²) < 4.78 is 11.4. The molecule has 3 aromatic rings. The highest BCUT2D eigenvalue weighted by Crippen LogP contribution is 2.40. The first kappa shape index (κ1) is 22.5. The Morgan fingerprint density at radius 3 is 1.74 bits per heavy atom. The van der Waals surface area contributed by atoms with Crippen LogP contribution in [0.2, 0.25) is 0 Å². The molecule has 0 aliphatic carbocycles. The fourth-order valence-corrected chi connectivity index (χ4v) is 3.57. The fourth-order valence-electron chi connectivity index (χ4n) is 3.57. The van der Waals surface area contributed by atoms with Gasteiger partial charge >= 0.3 is 5.97 Å². The van der Waals surface area contributed by atoms with Crippen molar-refractivity contribution in [1.82, 2.24) is 0 Å². The molecular weight excluding hydrogens is 388 g/mol. The monoisotopic (exact) mass is 416 g/mol. The van der Waals surface area contributed by atoms with Gasteiger partial charge in [-0.1, -0.05) is 97.1 Å². The van der Waals surface area contributed by atoms with Crippen molar-refractivity contribution in [2.75, 3.05) is 13.2 Å². The van der Waals surface area contributed by atoms with Crippen molar-refractivity contribution in [2.45, 2.75) is 25.0 Å². The number of esters is 1. The Labute approximate surface area is 183 Å². The zero-order valence-corrected chi connectivity index (χ0v) is 17.7. The molecule has 0 saturated carbocycles. The Bertz CT molecular complexity index is 856. The van der Waals surface area contributed by atoms with Gasteiger partial charge in [0.1, 0.15) is 5.60 Å². The third-order valence-corrected chi connectivity index (χ3v) is 4.98. The number of hydrogen-bond acceptors (Lipinski definition) is 4. The van der Waals surface area contributed by atoms with E-state index in [-0.39, 0.29) is 13.0 Å². The second kappa shape index (κ2) is 11.3. The standard InChI is InChI=1S/C27H28O4/c1-2-30-26(29)20-12-19-25(28)21-31-27(22-13-6-3-7-14-22,23-15-8-4-9-16-23)24-17-10-5-11-18-24/h3-18,20,25,28H,2,19,21H2,1H3/b20-12+/t25-/m0/s1. The topological polar surface area (TPSA) is 55.8 Å². The summed E-state index contributed by atoms with van der Waals surface area (Å²) in [6.07, 6.45) is 2.46. The lowest BCUT2D eigenvalue weighted by molar-refractivity contribution is -0.137. The number of ether oxygens (including phenoxy) is 2. The molecule has 1 N–H and O–H groups in total. The Hall–Kier alpha value is -3.21. The lowest BCUT2D eigenvalue weighted by Crippen LogP contribution is -2.35. The maximum Gasteiger partial charge on any atom is 0.330 e. The van der Waals surface area contributed by atoms with Crippen molar-refractivity contribution in [3.8, 4) is 0 Å². The molecule has 0 radical (unpaired) electrons. The smallest absolute Gasteiger partial charge is 0.330 e. The average molecular weight is 417 g/mol. The van der Waals surface area contributed by atoms with Gasteiger partial charge in [0.05, 0.1) is 19.3 Å². The van der Waals surface area contributed by atoms with Gasteiger partial charge in [-0.25, -0.2) is 4.79 Å². The SMILES string of the molecule is CCOC(=O)/C=C/C[C@H](O)COC(c1ccccc1)(c1ccccc1)c1ccccc1. The van der Waals surface area contributed by atoms with Crippen LogP contribution in [0.25, 0.3) is 0 Å². The molecule has 0 aliphatic rings. The van der Waals surface area contributed by atoms with Crippen LogP contribution in [0.5, 0.6) is 0 Å². The Balaban J connectivity index is 1.92. The minimum Gasteiger partial charge on any atom is -0.463 e. The summed E-state index contributed by atoms with van der Waals surface area (Å²) in [5.41, 5.74) is 2.04. The first-order valence-corrected chi connectivity index (χ1v) is 10.5. The quantitative estimate of drug-likeness (QED) is 0.291. The van der Waals surface area contributed by atoms with Gasteiger partial charge < -0.3 is 14.6 Å². The molecule has 0 aliphatic heterocycles. The highest BCUT2D eigenvalue weighted by molar-refractivity contribution is 5.81. The van der Waals surface area contributed by atoms with Crippen molar-refractivity contribution in [3.05, 3.63) is 120 Å². The normalized spacial score (nSPS) is 12.6. The molecule has 160 valence electrons. The molecule has 4 heteroatoms. The minimum absolute atomic E-state index is 0.0891. The van der Waals surface area contributed by atoms with Crippen LogP contribution in [-0.2, 0) is 19.9 Å².